The van der Waals surface area contributed by atoms with Crippen LogP contribution in [0.5, 0.6) is 0 Å². The maximum atomic E-state index is 13.6. The number of nitrogens with zero attached hydrogens (tertiary/aromatic N) is 1. The highest BCUT2D eigenvalue weighted by Crippen LogP contribution is 2.20. The number of carbonyl (C=O) groups is 1. The van der Waals surface area contributed by atoms with Crippen molar-refractivity contribution in [1.29, 1.82) is 0 Å². The van der Waals surface area contributed by atoms with Crippen LogP contribution in [0, 0.1) is 15.9 Å². The minimum absolute atomic E-state index is 0.216. The average Bonchev–Trinajstić information content (AvgIpc) is 2.81. The van der Waals surface area contributed by atoms with Gasteiger partial charge in [0, 0.05) is 20.8 Å². The molecule has 2 rings (SSSR count). The fourth-order valence-electron chi connectivity index (χ4n) is 1.51. The molecule has 104 valence electrons. The molecule has 20 heavy (non-hydrogen) atoms. The molecule has 1 amide bonds. The molecule has 0 aliphatic carbocycles. The Labute approximate surface area is 125 Å². The van der Waals surface area contributed by atoms with Crippen molar-refractivity contribution in [2.45, 2.75) is 6.54 Å². The molecule has 2 aromatic rings. The molecular weight excluding hydrogens is 351 g/mol. The SMILES string of the molecule is O=C(NCc1cc(Br)cs1)c1ccc([N+](=O)[O-])cc1F. The van der Waals surface area contributed by atoms with E-state index in [1.807, 2.05) is 11.4 Å². The summed E-state index contributed by atoms with van der Waals surface area (Å²) in [5, 5.41) is 14.9. The van der Waals surface area contributed by atoms with E-state index in [9.17, 15) is 19.3 Å². The Morgan fingerprint density at radius 3 is 2.75 bits per heavy atom. The Morgan fingerprint density at radius 2 is 2.20 bits per heavy atom. The zero-order valence-corrected chi connectivity index (χ0v) is 12.3. The number of benzene rings is 1. The monoisotopic (exact) mass is 358 g/mol. The molecule has 1 aromatic heterocycles. The van der Waals surface area contributed by atoms with Crippen molar-refractivity contribution in [2.75, 3.05) is 0 Å². The summed E-state index contributed by atoms with van der Waals surface area (Å²) in [6, 6.07) is 4.78. The van der Waals surface area contributed by atoms with Gasteiger partial charge in [-0.15, -0.1) is 11.3 Å². The molecule has 5 nitrogen and oxygen atoms in total. The molecule has 0 spiro atoms. The summed E-state index contributed by atoms with van der Waals surface area (Å²) < 4.78 is 14.5. The van der Waals surface area contributed by atoms with Crippen molar-refractivity contribution in [1.82, 2.24) is 5.32 Å². The van der Waals surface area contributed by atoms with Gasteiger partial charge in [-0.05, 0) is 28.1 Å². The molecule has 0 fully saturated rings. The van der Waals surface area contributed by atoms with Gasteiger partial charge in [0.05, 0.1) is 23.1 Å². The largest absolute Gasteiger partial charge is 0.347 e. The number of halogens is 2. The first-order valence-corrected chi connectivity index (χ1v) is 7.09. The summed E-state index contributed by atoms with van der Waals surface area (Å²) >= 11 is 4.74. The van der Waals surface area contributed by atoms with E-state index in [4.69, 9.17) is 0 Å². The number of hydrogen-bond acceptors (Lipinski definition) is 4. The van der Waals surface area contributed by atoms with Crippen LogP contribution in [0.25, 0.3) is 0 Å². The Kier molecular flexibility index (Phi) is 4.46. The lowest BCUT2D eigenvalue weighted by Crippen LogP contribution is -2.23. The zero-order chi connectivity index (χ0) is 14.7. The second-order valence-electron chi connectivity index (χ2n) is 3.84. The van der Waals surface area contributed by atoms with Gasteiger partial charge in [0.2, 0.25) is 0 Å². The molecule has 0 saturated carbocycles. The van der Waals surface area contributed by atoms with Gasteiger partial charge in [0.1, 0.15) is 5.82 Å². The van der Waals surface area contributed by atoms with E-state index in [-0.39, 0.29) is 17.8 Å². The smallest absolute Gasteiger partial charge is 0.272 e. The van der Waals surface area contributed by atoms with Crippen LogP contribution in [0.4, 0.5) is 10.1 Å². The summed E-state index contributed by atoms with van der Waals surface area (Å²) in [6.45, 7) is 0.269. The van der Waals surface area contributed by atoms with Crippen molar-refractivity contribution < 1.29 is 14.1 Å². The lowest BCUT2D eigenvalue weighted by Gasteiger charge is -2.04. The van der Waals surface area contributed by atoms with Crippen LogP contribution < -0.4 is 5.32 Å². The number of thiophene rings is 1. The molecule has 0 bridgehead atoms. The number of amides is 1. The number of nitro benzene ring substituents is 1. The first-order chi connectivity index (χ1) is 9.47. The summed E-state index contributed by atoms with van der Waals surface area (Å²) in [4.78, 5) is 22.5. The van der Waals surface area contributed by atoms with Crippen LogP contribution in [0.2, 0.25) is 0 Å². The molecule has 1 N–H and O–H groups in total. The summed E-state index contributed by atoms with van der Waals surface area (Å²) in [5.74, 6) is -1.52. The number of hydrogen-bond donors (Lipinski definition) is 1. The minimum atomic E-state index is -0.913. The van der Waals surface area contributed by atoms with Crippen molar-refractivity contribution in [2.24, 2.45) is 0 Å². The Bertz CT molecular complexity index is 674. The van der Waals surface area contributed by atoms with E-state index in [2.05, 4.69) is 21.2 Å². The minimum Gasteiger partial charge on any atom is -0.347 e. The molecule has 0 radical (unpaired) electrons. The van der Waals surface area contributed by atoms with E-state index in [0.717, 1.165) is 27.5 Å². The zero-order valence-electron chi connectivity index (χ0n) is 9.93. The summed E-state index contributed by atoms with van der Waals surface area (Å²) in [5.41, 5.74) is -0.604. The van der Waals surface area contributed by atoms with E-state index >= 15 is 0 Å². The molecule has 1 heterocycles. The van der Waals surface area contributed by atoms with Crippen LogP contribution in [0.3, 0.4) is 0 Å². The maximum absolute atomic E-state index is 13.6. The van der Waals surface area contributed by atoms with E-state index in [1.165, 1.54) is 11.3 Å². The summed E-state index contributed by atoms with van der Waals surface area (Å²) in [6.07, 6.45) is 0. The first-order valence-electron chi connectivity index (χ1n) is 5.42. The van der Waals surface area contributed by atoms with Crippen molar-refractivity contribution in [3.8, 4) is 0 Å². The highest BCUT2D eigenvalue weighted by atomic mass is 79.9. The second kappa shape index (κ2) is 6.10. The Hall–Kier alpha value is -1.80. The fraction of sp³-hybridized carbons (Fsp3) is 0.0833. The third kappa shape index (κ3) is 3.40. The van der Waals surface area contributed by atoms with Gasteiger partial charge < -0.3 is 5.32 Å². The Balaban J connectivity index is 2.07. The van der Waals surface area contributed by atoms with Gasteiger partial charge in [-0.2, -0.15) is 0 Å². The second-order valence-corrected chi connectivity index (χ2v) is 5.75. The molecule has 8 heteroatoms. The van der Waals surface area contributed by atoms with Crippen LogP contribution in [0.1, 0.15) is 15.2 Å². The standard InChI is InChI=1S/C12H8BrFN2O3S/c13-7-3-9(20-6-7)5-15-12(17)10-2-1-8(16(18)19)4-11(10)14/h1-4,6H,5H2,(H,15,17). The molecule has 0 atom stereocenters. The molecule has 0 unspecified atom stereocenters. The lowest BCUT2D eigenvalue weighted by molar-refractivity contribution is -0.385. The van der Waals surface area contributed by atoms with Crippen LogP contribution >= 0.6 is 27.3 Å². The van der Waals surface area contributed by atoms with Gasteiger partial charge in [-0.3, -0.25) is 14.9 Å². The highest BCUT2D eigenvalue weighted by molar-refractivity contribution is 9.10. The predicted octanol–water partition coefficient (Wildman–Crippen LogP) is 3.49. The quantitative estimate of drug-likeness (QED) is 0.671. The fourth-order valence-corrected chi connectivity index (χ4v) is 2.90. The first kappa shape index (κ1) is 14.6. The van der Waals surface area contributed by atoms with Crippen molar-refractivity contribution in [3.63, 3.8) is 0 Å². The molecule has 0 saturated heterocycles. The van der Waals surface area contributed by atoms with Crippen LogP contribution in [-0.2, 0) is 6.54 Å². The van der Waals surface area contributed by atoms with Gasteiger partial charge in [-0.1, -0.05) is 0 Å². The van der Waals surface area contributed by atoms with E-state index in [0.29, 0.717) is 0 Å². The third-order valence-electron chi connectivity index (χ3n) is 2.45. The molecule has 0 aliphatic rings. The average molecular weight is 359 g/mol. The lowest BCUT2D eigenvalue weighted by atomic mass is 10.2. The van der Waals surface area contributed by atoms with E-state index < -0.39 is 16.6 Å². The van der Waals surface area contributed by atoms with Gasteiger partial charge in [0.15, 0.2) is 0 Å². The number of nitro groups is 1. The number of rotatable bonds is 4. The summed E-state index contributed by atoms with van der Waals surface area (Å²) in [7, 11) is 0. The van der Waals surface area contributed by atoms with Crippen LogP contribution in [0.15, 0.2) is 34.1 Å². The van der Waals surface area contributed by atoms with Crippen molar-refractivity contribution >= 4 is 38.9 Å². The van der Waals surface area contributed by atoms with Crippen molar-refractivity contribution in [3.05, 3.63) is 60.5 Å². The Morgan fingerprint density at radius 1 is 1.45 bits per heavy atom. The third-order valence-corrected chi connectivity index (χ3v) is 4.15. The van der Waals surface area contributed by atoms with E-state index in [1.54, 1.807) is 0 Å². The molecular formula is C12H8BrFN2O3S. The number of carbonyl (C=O) groups excluding carboxylic acids is 1. The predicted molar refractivity (Wildman–Crippen MR) is 76.2 cm³/mol. The highest BCUT2D eigenvalue weighted by Gasteiger charge is 2.16. The number of nitrogens with one attached hydrogen (secondary N) is 1. The topological polar surface area (TPSA) is 72.2 Å². The van der Waals surface area contributed by atoms with Gasteiger partial charge >= 0.3 is 0 Å². The maximum Gasteiger partial charge on any atom is 0.272 e. The number of non-ortho nitro benzene ring substituents is 1. The van der Waals surface area contributed by atoms with Gasteiger partial charge in [0.25, 0.3) is 11.6 Å². The normalized spacial score (nSPS) is 10.3. The van der Waals surface area contributed by atoms with Gasteiger partial charge in [-0.25, -0.2) is 4.39 Å². The van der Waals surface area contributed by atoms with Crippen LogP contribution in [-0.4, -0.2) is 10.8 Å². The molecule has 1 aromatic carbocycles. The molecule has 0 aliphatic heterocycles.